The predicted molar refractivity (Wildman–Crippen MR) is 68.7 cm³/mol. The van der Waals surface area contributed by atoms with Crippen LogP contribution < -0.4 is 5.32 Å². The Labute approximate surface area is 121 Å². The molecule has 2 rings (SSSR count). The Bertz CT molecular complexity index is 692. The third-order valence-electron chi connectivity index (χ3n) is 2.35. The molecule has 0 aliphatic rings. The molecule has 9 heteroatoms. The Morgan fingerprint density at radius 3 is 2.57 bits per heavy atom. The fraction of sp³-hybridized carbons (Fsp3) is 0.0833. The molecule has 0 fully saturated rings. The summed E-state index contributed by atoms with van der Waals surface area (Å²) in [5, 5.41) is 11.2. The Kier molecular flexibility index (Phi) is 3.99. The van der Waals surface area contributed by atoms with Gasteiger partial charge in [-0.05, 0) is 18.2 Å². The number of halogens is 4. The monoisotopic (exact) mass is 317 g/mol. The van der Waals surface area contributed by atoms with Crippen molar-refractivity contribution in [1.29, 1.82) is 0 Å². The van der Waals surface area contributed by atoms with Gasteiger partial charge in [0.05, 0.1) is 18.0 Å². The lowest BCUT2D eigenvalue weighted by Crippen LogP contribution is -2.07. The van der Waals surface area contributed by atoms with E-state index >= 15 is 0 Å². The van der Waals surface area contributed by atoms with Crippen LogP contribution in [0.3, 0.4) is 0 Å². The van der Waals surface area contributed by atoms with Crippen LogP contribution in [0.4, 0.5) is 24.7 Å². The molecule has 0 unspecified atom stereocenters. The van der Waals surface area contributed by atoms with Crippen molar-refractivity contribution >= 4 is 29.1 Å². The first-order chi connectivity index (χ1) is 9.75. The molecule has 2 aromatic rings. The van der Waals surface area contributed by atoms with Crippen LogP contribution in [0.5, 0.6) is 0 Å². The number of nitrogens with zero attached hydrogens (tertiary/aromatic N) is 2. The van der Waals surface area contributed by atoms with Crippen LogP contribution in [0, 0.1) is 0 Å². The van der Waals surface area contributed by atoms with E-state index in [2.05, 4.69) is 15.3 Å². The van der Waals surface area contributed by atoms with Gasteiger partial charge < -0.3 is 10.4 Å². The van der Waals surface area contributed by atoms with Crippen molar-refractivity contribution in [2.75, 3.05) is 5.32 Å². The molecule has 0 saturated heterocycles. The smallest absolute Gasteiger partial charge is 0.416 e. The molecule has 0 bridgehead atoms. The molecule has 0 amide bonds. The molecule has 0 atom stereocenters. The lowest BCUT2D eigenvalue weighted by Gasteiger charge is -2.11. The number of hydrogen-bond donors (Lipinski definition) is 2. The standard InChI is InChI=1S/C12H7ClF3N3O2/c13-7-1-6(12(14,15)16)2-8(3-7)18-10-5-17-4-9(19-10)11(20)21/h1-5H,(H,18,19)(H,20,21). The fourth-order valence-electron chi connectivity index (χ4n) is 1.50. The van der Waals surface area contributed by atoms with Gasteiger partial charge in [-0.3, -0.25) is 4.98 Å². The number of aromatic carboxylic acids is 1. The van der Waals surface area contributed by atoms with E-state index < -0.39 is 17.7 Å². The zero-order chi connectivity index (χ0) is 15.6. The zero-order valence-corrected chi connectivity index (χ0v) is 10.9. The predicted octanol–water partition coefficient (Wildman–Crippen LogP) is 3.59. The van der Waals surface area contributed by atoms with E-state index in [-0.39, 0.29) is 22.2 Å². The van der Waals surface area contributed by atoms with E-state index in [0.717, 1.165) is 18.3 Å². The third-order valence-corrected chi connectivity index (χ3v) is 2.57. The highest BCUT2D eigenvalue weighted by molar-refractivity contribution is 6.31. The van der Waals surface area contributed by atoms with Gasteiger partial charge >= 0.3 is 12.1 Å². The number of carboxylic acid groups (broad SMARTS) is 1. The van der Waals surface area contributed by atoms with Crippen LogP contribution >= 0.6 is 11.6 Å². The summed E-state index contributed by atoms with van der Waals surface area (Å²) < 4.78 is 38.0. The van der Waals surface area contributed by atoms with Crippen LogP contribution in [0.1, 0.15) is 16.1 Å². The maximum Gasteiger partial charge on any atom is 0.416 e. The number of benzene rings is 1. The van der Waals surface area contributed by atoms with Crippen molar-refractivity contribution in [2.45, 2.75) is 6.18 Å². The average Bonchev–Trinajstić information content (AvgIpc) is 2.37. The molecule has 0 aliphatic carbocycles. The molecule has 0 aliphatic heterocycles. The first kappa shape index (κ1) is 15.0. The quantitative estimate of drug-likeness (QED) is 0.904. The van der Waals surface area contributed by atoms with Crippen molar-refractivity contribution in [3.63, 3.8) is 0 Å². The summed E-state index contributed by atoms with van der Waals surface area (Å²) in [5.41, 5.74) is -1.25. The second kappa shape index (κ2) is 5.57. The maximum absolute atomic E-state index is 12.7. The van der Waals surface area contributed by atoms with Gasteiger partial charge in [0.15, 0.2) is 5.69 Å². The summed E-state index contributed by atoms with van der Waals surface area (Å²) in [6, 6.07) is 2.87. The molecular weight excluding hydrogens is 311 g/mol. The Morgan fingerprint density at radius 1 is 1.24 bits per heavy atom. The van der Waals surface area contributed by atoms with Gasteiger partial charge in [-0.25, -0.2) is 9.78 Å². The molecule has 0 radical (unpaired) electrons. The van der Waals surface area contributed by atoms with Gasteiger partial charge in [0.1, 0.15) is 5.82 Å². The fourth-order valence-corrected chi connectivity index (χ4v) is 1.74. The summed E-state index contributed by atoms with van der Waals surface area (Å²) >= 11 is 5.63. The molecule has 1 aromatic carbocycles. The molecule has 110 valence electrons. The summed E-state index contributed by atoms with van der Waals surface area (Å²) in [7, 11) is 0. The SMILES string of the molecule is O=C(O)c1cncc(Nc2cc(Cl)cc(C(F)(F)F)c2)n1. The Morgan fingerprint density at radius 2 is 1.95 bits per heavy atom. The highest BCUT2D eigenvalue weighted by atomic mass is 35.5. The van der Waals surface area contributed by atoms with E-state index in [1.807, 2.05) is 0 Å². The van der Waals surface area contributed by atoms with E-state index in [0.29, 0.717) is 0 Å². The largest absolute Gasteiger partial charge is 0.476 e. The summed E-state index contributed by atoms with van der Waals surface area (Å²) in [5.74, 6) is -1.31. The molecule has 21 heavy (non-hydrogen) atoms. The summed E-state index contributed by atoms with van der Waals surface area (Å²) in [4.78, 5) is 18.1. The van der Waals surface area contributed by atoms with Crippen LogP contribution in [-0.2, 0) is 6.18 Å². The highest BCUT2D eigenvalue weighted by Gasteiger charge is 2.31. The van der Waals surface area contributed by atoms with Gasteiger partial charge in [0, 0.05) is 10.7 Å². The van der Waals surface area contributed by atoms with Crippen molar-refractivity contribution in [3.05, 3.63) is 46.9 Å². The zero-order valence-electron chi connectivity index (χ0n) is 10.1. The summed E-state index contributed by atoms with van der Waals surface area (Å²) in [6.45, 7) is 0. The minimum Gasteiger partial charge on any atom is -0.476 e. The minimum absolute atomic E-state index is 0.00899. The first-order valence-electron chi connectivity index (χ1n) is 5.46. The minimum atomic E-state index is -4.55. The lowest BCUT2D eigenvalue weighted by molar-refractivity contribution is -0.137. The van der Waals surface area contributed by atoms with Crippen LogP contribution in [0.15, 0.2) is 30.6 Å². The molecule has 1 aromatic heterocycles. The average molecular weight is 318 g/mol. The number of alkyl halides is 3. The molecule has 0 spiro atoms. The van der Waals surface area contributed by atoms with Crippen LogP contribution in [0.25, 0.3) is 0 Å². The van der Waals surface area contributed by atoms with Gasteiger partial charge in [0.25, 0.3) is 0 Å². The number of anilines is 2. The van der Waals surface area contributed by atoms with Crippen molar-refractivity contribution < 1.29 is 23.1 Å². The number of nitrogens with one attached hydrogen (secondary N) is 1. The van der Waals surface area contributed by atoms with E-state index in [9.17, 15) is 18.0 Å². The van der Waals surface area contributed by atoms with Crippen molar-refractivity contribution in [2.24, 2.45) is 0 Å². The second-order valence-corrected chi connectivity index (χ2v) is 4.38. The van der Waals surface area contributed by atoms with Gasteiger partial charge in [-0.15, -0.1) is 0 Å². The topological polar surface area (TPSA) is 75.1 Å². The van der Waals surface area contributed by atoms with E-state index in [4.69, 9.17) is 16.7 Å². The number of carbonyl (C=O) groups is 1. The van der Waals surface area contributed by atoms with Gasteiger partial charge in [-0.2, -0.15) is 13.2 Å². The molecular formula is C12H7ClF3N3O2. The van der Waals surface area contributed by atoms with Crippen molar-refractivity contribution in [3.8, 4) is 0 Å². The molecule has 2 N–H and O–H groups in total. The van der Waals surface area contributed by atoms with Crippen molar-refractivity contribution in [1.82, 2.24) is 9.97 Å². The number of carboxylic acids is 1. The lowest BCUT2D eigenvalue weighted by atomic mass is 10.2. The summed E-state index contributed by atoms with van der Waals surface area (Å²) in [6.07, 6.45) is -2.34. The third kappa shape index (κ3) is 3.82. The van der Waals surface area contributed by atoms with Crippen LogP contribution in [-0.4, -0.2) is 21.0 Å². The Balaban J connectivity index is 2.33. The Hall–Kier alpha value is -2.35. The molecule has 1 heterocycles. The number of rotatable bonds is 3. The molecule has 5 nitrogen and oxygen atoms in total. The number of aromatic nitrogens is 2. The van der Waals surface area contributed by atoms with E-state index in [1.165, 1.54) is 12.3 Å². The highest BCUT2D eigenvalue weighted by Crippen LogP contribution is 2.33. The normalized spacial score (nSPS) is 11.2. The number of hydrogen-bond acceptors (Lipinski definition) is 4. The first-order valence-corrected chi connectivity index (χ1v) is 5.83. The van der Waals surface area contributed by atoms with Gasteiger partial charge in [-0.1, -0.05) is 11.6 Å². The second-order valence-electron chi connectivity index (χ2n) is 3.95. The van der Waals surface area contributed by atoms with E-state index in [1.54, 1.807) is 0 Å². The van der Waals surface area contributed by atoms with Gasteiger partial charge in [0.2, 0.25) is 0 Å². The maximum atomic E-state index is 12.7. The molecule has 0 saturated carbocycles. The van der Waals surface area contributed by atoms with Crippen LogP contribution in [0.2, 0.25) is 5.02 Å².